The third-order valence-electron chi connectivity index (χ3n) is 1.48. The molecule has 1 aromatic carbocycles. The van der Waals surface area contributed by atoms with Gasteiger partial charge in [0.1, 0.15) is 27.2 Å². The van der Waals surface area contributed by atoms with Gasteiger partial charge in [0.25, 0.3) is 0 Å². The molecule has 1 aromatic rings. The number of hydrogen-bond acceptors (Lipinski definition) is 6. The van der Waals surface area contributed by atoms with Gasteiger partial charge in [0.05, 0.1) is 4.90 Å². The Kier molecular flexibility index (Phi) is 9.89. The maximum absolute atomic E-state index is 10.7. The average molecular weight is 296 g/mol. The monoisotopic (exact) mass is 296 g/mol. The van der Waals surface area contributed by atoms with Crippen molar-refractivity contribution in [2.24, 2.45) is 0 Å². The second-order valence-electron chi connectivity index (χ2n) is 2.72. The van der Waals surface area contributed by atoms with Crippen LogP contribution < -0.4 is 63.3 Å². The number of benzene rings is 1. The number of rotatable bonds is 3. The summed E-state index contributed by atoms with van der Waals surface area (Å²) in [5.74, 6) is -0.210. The van der Waals surface area contributed by atoms with Crippen molar-refractivity contribution in [2.75, 3.05) is 0 Å². The molecule has 6 nitrogen and oxygen atoms in total. The summed E-state index contributed by atoms with van der Waals surface area (Å²) in [7, 11) is -4.61. The molecule has 0 saturated heterocycles. The molecule has 0 bridgehead atoms. The molecule has 10 heteroatoms. The fraction of sp³-hybridized carbons (Fsp3) is 0.143. The third kappa shape index (κ3) is 7.26. The second-order valence-corrected chi connectivity index (χ2v) is 4.68. The van der Waals surface area contributed by atoms with Gasteiger partial charge in [-0.2, -0.15) is 0 Å². The molecule has 1 atom stereocenters. The Balaban J connectivity index is 0. The van der Waals surface area contributed by atoms with Crippen LogP contribution in [-0.4, -0.2) is 21.7 Å². The smallest absolute Gasteiger partial charge is 0.744 e. The van der Waals surface area contributed by atoms with Crippen LogP contribution in [0.25, 0.3) is 0 Å². The van der Waals surface area contributed by atoms with Crippen LogP contribution >= 0.6 is 0 Å². The largest absolute Gasteiger partial charge is 1.00 e. The quantitative estimate of drug-likeness (QED) is 0.312. The summed E-state index contributed by atoms with van der Waals surface area (Å²) < 4.78 is 56.6. The minimum absolute atomic E-state index is 0. The Morgan fingerprint density at radius 2 is 1.76 bits per heavy atom. The van der Waals surface area contributed by atoms with E-state index in [9.17, 15) is 21.7 Å². The molecule has 0 aliphatic carbocycles. The number of hydrogen-bond donors (Lipinski definition) is 0. The van der Waals surface area contributed by atoms with Gasteiger partial charge in [0.2, 0.25) is 0 Å². The van der Waals surface area contributed by atoms with Crippen LogP contribution in [0.1, 0.15) is 5.56 Å². The van der Waals surface area contributed by atoms with Crippen LogP contribution in [0.5, 0.6) is 5.75 Å². The van der Waals surface area contributed by atoms with Crippen LogP contribution in [0.4, 0.5) is 0 Å². The van der Waals surface area contributed by atoms with E-state index in [1.807, 2.05) is 0 Å². The Hall–Kier alpha value is 1.04. The molecule has 0 spiro atoms. The van der Waals surface area contributed by atoms with Crippen LogP contribution in [-0.2, 0) is 21.5 Å². The van der Waals surface area contributed by atoms with Crippen LogP contribution in [0.2, 0.25) is 0 Å². The van der Waals surface area contributed by atoms with Gasteiger partial charge in [-0.05, 0) is 30.7 Å². The summed E-state index contributed by atoms with van der Waals surface area (Å²) in [4.78, 5) is -0.525. The Bertz CT molecular complexity index is 501. The van der Waals surface area contributed by atoms with Crippen molar-refractivity contribution in [3.8, 4) is 5.75 Å². The van der Waals surface area contributed by atoms with Gasteiger partial charge < -0.3 is 13.3 Å². The molecule has 0 aromatic heterocycles. The van der Waals surface area contributed by atoms with Crippen molar-refractivity contribution in [3.05, 3.63) is 23.8 Å². The first kappa shape index (κ1) is 20.4. The first-order valence-electron chi connectivity index (χ1n) is 3.64. The third-order valence-corrected chi connectivity index (χ3v) is 2.62. The number of aryl methyl sites for hydroxylation is 1. The minimum Gasteiger partial charge on any atom is -0.744 e. The average Bonchev–Trinajstić information content (AvgIpc) is 1.99. The molecule has 1 unspecified atom stereocenters. The molecule has 0 N–H and O–H groups in total. The van der Waals surface area contributed by atoms with Crippen LogP contribution in [0.15, 0.2) is 23.1 Å². The molecule has 0 fully saturated rings. The van der Waals surface area contributed by atoms with Gasteiger partial charge in [-0.15, -0.1) is 0 Å². The Morgan fingerprint density at radius 3 is 2.18 bits per heavy atom. The molecule has 0 heterocycles. The van der Waals surface area contributed by atoms with Crippen molar-refractivity contribution >= 4 is 21.5 Å². The second kappa shape index (κ2) is 8.26. The molecule has 0 amide bonds. The van der Waals surface area contributed by atoms with E-state index in [-0.39, 0.29) is 64.9 Å². The normalized spacial score (nSPS) is 11.9. The zero-order chi connectivity index (χ0) is 11.6. The SMILES string of the molecule is Cc1cc(OS(=O)[O-])cc(S(=O)(=O)[O-])c1.[Na+].[Na+]. The van der Waals surface area contributed by atoms with Gasteiger partial charge in [-0.25, -0.2) is 12.6 Å². The van der Waals surface area contributed by atoms with Crippen LogP contribution in [0.3, 0.4) is 0 Å². The van der Waals surface area contributed by atoms with Gasteiger partial charge in [-0.3, -0.25) is 0 Å². The van der Waals surface area contributed by atoms with Gasteiger partial charge in [0.15, 0.2) is 0 Å². The van der Waals surface area contributed by atoms with Crippen molar-refractivity contribution < 1.29 is 85.0 Å². The summed E-state index contributed by atoms with van der Waals surface area (Å²) in [5, 5.41) is 0. The topological polar surface area (TPSA) is 107 Å². The maximum atomic E-state index is 10.7. The molecule has 1 rings (SSSR count). The Labute approximate surface area is 146 Å². The van der Waals surface area contributed by atoms with E-state index < -0.39 is 26.4 Å². The van der Waals surface area contributed by atoms with Gasteiger partial charge >= 0.3 is 59.1 Å². The van der Waals surface area contributed by atoms with E-state index >= 15 is 0 Å². The molecular weight excluding hydrogens is 290 g/mol. The fourth-order valence-corrected chi connectivity index (χ4v) is 1.83. The molecule has 0 saturated carbocycles. The molecule has 17 heavy (non-hydrogen) atoms. The maximum Gasteiger partial charge on any atom is 1.00 e. The van der Waals surface area contributed by atoms with E-state index in [1.165, 1.54) is 13.0 Å². The summed E-state index contributed by atoms with van der Waals surface area (Å²) in [6.07, 6.45) is 0. The van der Waals surface area contributed by atoms with Crippen molar-refractivity contribution in [3.63, 3.8) is 0 Å². The molecular formula is C7H6Na2O6S2. The summed E-state index contributed by atoms with van der Waals surface area (Å²) >= 11 is -2.81. The van der Waals surface area contributed by atoms with Crippen LogP contribution in [0, 0.1) is 6.92 Å². The van der Waals surface area contributed by atoms with Crippen molar-refractivity contribution in [1.29, 1.82) is 0 Å². The standard InChI is InChI=1S/C7H8O6S2.2Na/c1-5-2-6(13-14(8)9)4-7(3-5)15(10,11)12;;/h2-4H,1H3,(H,8,9)(H,10,11,12);;/q;2*+1/p-2. The van der Waals surface area contributed by atoms with Gasteiger partial charge in [0, 0.05) is 0 Å². The first-order valence-corrected chi connectivity index (χ1v) is 6.05. The predicted octanol–water partition coefficient (Wildman–Crippen LogP) is -5.92. The Morgan fingerprint density at radius 1 is 1.24 bits per heavy atom. The predicted molar refractivity (Wildman–Crippen MR) is 48.7 cm³/mol. The molecule has 0 aliphatic rings. The summed E-state index contributed by atoms with van der Waals surface area (Å²) in [6, 6.07) is 3.28. The molecule has 0 radical (unpaired) electrons. The minimum atomic E-state index is -4.61. The van der Waals surface area contributed by atoms with E-state index in [0.29, 0.717) is 5.56 Å². The van der Waals surface area contributed by atoms with Crippen molar-refractivity contribution in [2.45, 2.75) is 11.8 Å². The van der Waals surface area contributed by atoms with E-state index in [1.54, 1.807) is 0 Å². The summed E-state index contributed by atoms with van der Waals surface area (Å²) in [6.45, 7) is 1.51. The summed E-state index contributed by atoms with van der Waals surface area (Å²) in [5.41, 5.74) is 0.410. The first-order chi connectivity index (χ1) is 6.79. The fourth-order valence-electron chi connectivity index (χ4n) is 0.985. The van der Waals surface area contributed by atoms with E-state index in [4.69, 9.17) is 0 Å². The van der Waals surface area contributed by atoms with Gasteiger partial charge in [-0.1, -0.05) is 0 Å². The zero-order valence-corrected chi connectivity index (χ0v) is 15.1. The van der Waals surface area contributed by atoms with Crippen molar-refractivity contribution in [1.82, 2.24) is 0 Å². The zero-order valence-electron chi connectivity index (χ0n) is 9.50. The van der Waals surface area contributed by atoms with E-state index in [0.717, 1.165) is 12.1 Å². The van der Waals surface area contributed by atoms with E-state index in [2.05, 4.69) is 4.18 Å². The molecule has 0 aliphatic heterocycles. The molecule has 84 valence electrons.